The van der Waals surface area contributed by atoms with Crippen molar-refractivity contribution in [2.24, 2.45) is 0 Å². The van der Waals surface area contributed by atoms with Gasteiger partial charge in [0, 0.05) is 11.8 Å². The Morgan fingerprint density at radius 3 is 2.15 bits per heavy atom. The van der Waals surface area contributed by atoms with Crippen LogP contribution in [0.15, 0.2) is 53.4 Å². The molecular formula is C18H16F2N4O2S. The molecule has 140 valence electrons. The van der Waals surface area contributed by atoms with Gasteiger partial charge in [0.05, 0.1) is 4.90 Å². The molecule has 0 atom stereocenters. The van der Waals surface area contributed by atoms with E-state index in [-0.39, 0.29) is 22.2 Å². The first-order valence-corrected chi connectivity index (χ1v) is 9.39. The average molecular weight is 390 g/mol. The topological polar surface area (TPSA) is 84.0 Å². The summed E-state index contributed by atoms with van der Waals surface area (Å²) in [7, 11) is -3.80. The van der Waals surface area contributed by atoms with Crippen molar-refractivity contribution < 1.29 is 17.2 Å². The smallest absolute Gasteiger partial charge is 0.263 e. The van der Waals surface area contributed by atoms with Crippen LogP contribution in [-0.4, -0.2) is 18.6 Å². The molecule has 0 unspecified atom stereocenters. The quantitative estimate of drug-likeness (QED) is 0.690. The van der Waals surface area contributed by atoms with Gasteiger partial charge >= 0.3 is 0 Å². The predicted octanol–water partition coefficient (Wildman–Crippen LogP) is 3.92. The van der Waals surface area contributed by atoms with E-state index in [4.69, 9.17) is 0 Å². The Morgan fingerprint density at radius 1 is 0.815 bits per heavy atom. The van der Waals surface area contributed by atoms with Crippen molar-refractivity contribution in [2.45, 2.75) is 18.7 Å². The number of halogens is 2. The number of benzene rings is 2. The third-order valence-electron chi connectivity index (χ3n) is 3.88. The van der Waals surface area contributed by atoms with Crippen molar-refractivity contribution in [3.05, 3.63) is 71.3 Å². The van der Waals surface area contributed by atoms with E-state index in [1.54, 1.807) is 12.1 Å². The summed E-state index contributed by atoms with van der Waals surface area (Å²) in [6, 6.07) is 11.0. The summed E-state index contributed by atoms with van der Waals surface area (Å²) in [4.78, 5) is 0.122. The lowest BCUT2D eigenvalue weighted by Crippen LogP contribution is -2.14. The number of nitrogens with zero attached hydrogens (tertiary/aromatic N) is 2. The van der Waals surface area contributed by atoms with Crippen LogP contribution in [-0.2, 0) is 10.0 Å². The van der Waals surface area contributed by atoms with E-state index in [1.807, 2.05) is 13.8 Å². The van der Waals surface area contributed by atoms with E-state index in [0.29, 0.717) is 0 Å². The van der Waals surface area contributed by atoms with E-state index in [9.17, 15) is 17.2 Å². The van der Waals surface area contributed by atoms with E-state index in [1.165, 1.54) is 24.3 Å². The standard InChI is InChI=1S/C18H16F2N4O2S/c1-11-3-5-14(9-12(11)2)27(25,26)24-18-8-7-17(22-23-18)21-13-4-6-15(19)16(20)10-13/h3-10H,1-2H3,(H,21,22)(H,23,24). The lowest BCUT2D eigenvalue weighted by Gasteiger charge is -2.10. The first-order valence-electron chi connectivity index (χ1n) is 7.90. The largest absolute Gasteiger partial charge is 0.339 e. The number of hydrogen-bond donors (Lipinski definition) is 2. The van der Waals surface area contributed by atoms with Crippen LogP contribution in [0.2, 0.25) is 0 Å². The number of sulfonamides is 1. The van der Waals surface area contributed by atoms with Crippen LogP contribution >= 0.6 is 0 Å². The Hall–Kier alpha value is -3.07. The van der Waals surface area contributed by atoms with Gasteiger partial charge in [0.1, 0.15) is 0 Å². The van der Waals surface area contributed by atoms with Crippen molar-refractivity contribution in [3.8, 4) is 0 Å². The Bertz CT molecular complexity index is 1090. The minimum absolute atomic E-state index is 0.0315. The molecule has 0 radical (unpaired) electrons. The summed E-state index contributed by atoms with van der Waals surface area (Å²) in [5.41, 5.74) is 2.13. The normalized spacial score (nSPS) is 11.3. The molecule has 9 heteroatoms. The molecule has 0 aliphatic heterocycles. The Morgan fingerprint density at radius 2 is 1.52 bits per heavy atom. The molecule has 0 saturated carbocycles. The molecule has 2 N–H and O–H groups in total. The number of rotatable bonds is 5. The van der Waals surface area contributed by atoms with E-state index >= 15 is 0 Å². The molecule has 6 nitrogen and oxygen atoms in total. The zero-order valence-electron chi connectivity index (χ0n) is 14.5. The molecule has 1 aromatic heterocycles. The number of aryl methyl sites for hydroxylation is 2. The summed E-state index contributed by atoms with van der Waals surface area (Å²) < 4.78 is 53.4. The number of aromatic nitrogens is 2. The molecule has 3 aromatic rings. The maximum absolute atomic E-state index is 13.2. The fourth-order valence-corrected chi connectivity index (χ4v) is 3.33. The molecule has 3 rings (SSSR count). The number of hydrogen-bond acceptors (Lipinski definition) is 5. The molecule has 0 amide bonds. The van der Waals surface area contributed by atoms with Gasteiger partial charge in [0.15, 0.2) is 23.3 Å². The van der Waals surface area contributed by atoms with Crippen LogP contribution in [0, 0.1) is 25.5 Å². The van der Waals surface area contributed by atoms with Gasteiger partial charge in [-0.1, -0.05) is 6.07 Å². The van der Waals surface area contributed by atoms with Gasteiger partial charge in [-0.25, -0.2) is 17.2 Å². The highest BCUT2D eigenvalue weighted by atomic mass is 32.2. The van der Waals surface area contributed by atoms with Crippen molar-refractivity contribution in [3.63, 3.8) is 0 Å². The fourth-order valence-electron chi connectivity index (χ4n) is 2.25. The number of anilines is 3. The van der Waals surface area contributed by atoms with Gasteiger partial charge in [-0.2, -0.15) is 0 Å². The maximum Gasteiger partial charge on any atom is 0.263 e. The van der Waals surface area contributed by atoms with Gasteiger partial charge < -0.3 is 5.32 Å². The monoisotopic (exact) mass is 390 g/mol. The highest BCUT2D eigenvalue weighted by molar-refractivity contribution is 7.92. The van der Waals surface area contributed by atoms with E-state index in [0.717, 1.165) is 23.3 Å². The van der Waals surface area contributed by atoms with Gasteiger partial charge in [-0.15, -0.1) is 10.2 Å². The molecule has 0 bridgehead atoms. The third kappa shape index (κ3) is 4.37. The summed E-state index contributed by atoms with van der Waals surface area (Å²) >= 11 is 0. The summed E-state index contributed by atoms with van der Waals surface area (Å²) in [6.45, 7) is 3.72. The first-order chi connectivity index (χ1) is 12.7. The molecule has 0 saturated heterocycles. The minimum Gasteiger partial charge on any atom is -0.339 e. The predicted molar refractivity (Wildman–Crippen MR) is 98.4 cm³/mol. The van der Waals surface area contributed by atoms with Crippen LogP contribution in [0.5, 0.6) is 0 Å². The molecule has 0 aliphatic carbocycles. The molecule has 0 fully saturated rings. The highest BCUT2D eigenvalue weighted by Gasteiger charge is 2.16. The number of nitrogens with one attached hydrogen (secondary N) is 2. The van der Waals surface area contributed by atoms with Crippen LogP contribution < -0.4 is 10.0 Å². The average Bonchev–Trinajstić information content (AvgIpc) is 2.62. The SMILES string of the molecule is Cc1ccc(S(=O)(=O)Nc2ccc(Nc3ccc(F)c(F)c3)nn2)cc1C. The zero-order chi connectivity index (χ0) is 19.6. The molecule has 0 aliphatic rings. The van der Waals surface area contributed by atoms with E-state index in [2.05, 4.69) is 20.2 Å². The Labute approximate surface area is 155 Å². The molecular weight excluding hydrogens is 374 g/mol. The second kappa shape index (κ2) is 7.28. The van der Waals surface area contributed by atoms with E-state index < -0.39 is 21.7 Å². The minimum atomic E-state index is -3.80. The van der Waals surface area contributed by atoms with Crippen molar-refractivity contribution in [2.75, 3.05) is 10.0 Å². The second-order valence-corrected chi connectivity index (χ2v) is 7.59. The summed E-state index contributed by atoms with van der Waals surface area (Å²) in [6.07, 6.45) is 0. The third-order valence-corrected chi connectivity index (χ3v) is 5.24. The van der Waals surface area contributed by atoms with Gasteiger partial charge in [-0.05, 0) is 61.4 Å². The van der Waals surface area contributed by atoms with Crippen LogP contribution in [0.1, 0.15) is 11.1 Å². The van der Waals surface area contributed by atoms with Crippen molar-refractivity contribution >= 4 is 27.3 Å². The van der Waals surface area contributed by atoms with Crippen LogP contribution in [0.3, 0.4) is 0 Å². The van der Waals surface area contributed by atoms with Gasteiger partial charge in [0.25, 0.3) is 10.0 Å². The fraction of sp³-hybridized carbons (Fsp3) is 0.111. The first kappa shape index (κ1) is 18.7. The van der Waals surface area contributed by atoms with Crippen LogP contribution in [0.4, 0.5) is 26.1 Å². The molecule has 0 spiro atoms. The molecule has 1 heterocycles. The van der Waals surface area contributed by atoms with Crippen molar-refractivity contribution in [1.82, 2.24) is 10.2 Å². The van der Waals surface area contributed by atoms with Gasteiger partial charge in [-0.3, -0.25) is 4.72 Å². The molecule has 2 aromatic carbocycles. The van der Waals surface area contributed by atoms with Crippen LogP contribution in [0.25, 0.3) is 0 Å². The highest BCUT2D eigenvalue weighted by Crippen LogP contribution is 2.20. The summed E-state index contributed by atoms with van der Waals surface area (Å²) in [5.74, 6) is -1.67. The summed E-state index contributed by atoms with van der Waals surface area (Å²) in [5, 5.41) is 10.4. The lowest BCUT2D eigenvalue weighted by atomic mass is 10.1. The Balaban J connectivity index is 1.74. The molecule has 27 heavy (non-hydrogen) atoms. The maximum atomic E-state index is 13.2. The second-order valence-electron chi connectivity index (χ2n) is 5.91. The van der Waals surface area contributed by atoms with Crippen molar-refractivity contribution in [1.29, 1.82) is 0 Å². The zero-order valence-corrected chi connectivity index (χ0v) is 15.3. The lowest BCUT2D eigenvalue weighted by molar-refractivity contribution is 0.509. The Kier molecular flexibility index (Phi) is 5.04. The van der Waals surface area contributed by atoms with Gasteiger partial charge in [0.2, 0.25) is 0 Å².